The molecule has 1 unspecified atom stereocenters. The van der Waals surface area contributed by atoms with Crippen molar-refractivity contribution >= 4 is 40.0 Å². The number of nitrogens with zero attached hydrogens (tertiary/aromatic N) is 2. The third kappa shape index (κ3) is 3.42. The summed E-state index contributed by atoms with van der Waals surface area (Å²) in [4.78, 5) is 31.8. The van der Waals surface area contributed by atoms with Gasteiger partial charge in [-0.05, 0) is 30.3 Å². The number of hydrogen-bond acceptors (Lipinski definition) is 4. The number of hydrogen-bond donors (Lipinski definition) is 2. The fourth-order valence-corrected chi connectivity index (χ4v) is 4.58. The van der Waals surface area contributed by atoms with Gasteiger partial charge in [-0.15, -0.1) is 11.3 Å². The van der Waals surface area contributed by atoms with Gasteiger partial charge in [0.2, 0.25) is 0 Å². The number of H-pyrrole nitrogens is 1. The Hall–Kier alpha value is -3.80. The molecule has 4 aromatic rings. The number of alkyl halides is 3. The van der Waals surface area contributed by atoms with Crippen LogP contribution >= 0.6 is 11.3 Å². The second-order valence-electron chi connectivity index (χ2n) is 7.16. The zero-order valence-electron chi connectivity index (χ0n) is 16.2. The van der Waals surface area contributed by atoms with E-state index in [-0.39, 0.29) is 27.5 Å². The Morgan fingerprint density at radius 2 is 1.79 bits per heavy atom. The number of anilines is 1. The number of carbonyl (C=O) groups excluding carboxylic acids is 2. The second-order valence-corrected chi connectivity index (χ2v) is 8.25. The molecule has 0 radical (unpaired) electrons. The molecule has 1 fully saturated rings. The molecule has 0 saturated carbocycles. The summed E-state index contributed by atoms with van der Waals surface area (Å²) in [5.74, 6) is -3.73. The maximum Gasteiger partial charge on any atom is 0.425 e. The van der Waals surface area contributed by atoms with E-state index in [4.69, 9.17) is 0 Å². The van der Waals surface area contributed by atoms with Crippen LogP contribution in [0.3, 0.4) is 0 Å². The van der Waals surface area contributed by atoms with E-state index in [1.54, 1.807) is 6.07 Å². The molecule has 2 aromatic carbocycles. The van der Waals surface area contributed by atoms with Gasteiger partial charge in [0.15, 0.2) is 11.6 Å². The number of imide groups is 1. The number of aromatic nitrogens is 2. The summed E-state index contributed by atoms with van der Waals surface area (Å²) in [5.41, 5.74) is 0.552. The fraction of sp³-hybridized carbons (Fsp3) is 0.0952. The van der Waals surface area contributed by atoms with Crippen LogP contribution in [-0.2, 0) is 11.0 Å². The summed E-state index contributed by atoms with van der Waals surface area (Å²) in [6.45, 7) is 0. The number of thiophene rings is 1. The minimum Gasteiger partial charge on any atom is -0.345 e. The van der Waals surface area contributed by atoms with Crippen molar-refractivity contribution in [2.75, 3.05) is 4.90 Å². The van der Waals surface area contributed by atoms with Crippen molar-refractivity contribution < 1.29 is 31.5 Å². The number of aromatic amines is 1. The number of halogens is 5. The van der Waals surface area contributed by atoms with Crippen LogP contribution in [0, 0.1) is 11.6 Å². The van der Waals surface area contributed by atoms with Crippen molar-refractivity contribution in [1.82, 2.24) is 15.3 Å². The van der Waals surface area contributed by atoms with E-state index < -0.39 is 46.2 Å². The number of carbonyl (C=O) groups is 2. The highest BCUT2D eigenvalue weighted by Gasteiger charge is 2.43. The number of rotatable bonds is 3. The minimum absolute atomic E-state index is 0.127. The Balaban J connectivity index is 1.57. The molecule has 2 aromatic heterocycles. The van der Waals surface area contributed by atoms with Crippen LogP contribution in [0.2, 0.25) is 0 Å². The molecule has 168 valence electrons. The van der Waals surface area contributed by atoms with Gasteiger partial charge in [-0.2, -0.15) is 13.2 Å². The van der Waals surface area contributed by atoms with Crippen LogP contribution in [0.1, 0.15) is 16.5 Å². The molecule has 6 nitrogen and oxygen atoms in total. The summed E-state index contributed by atoms with van der Waals surface area (Å²) in [6, 6.07) is 6.27. The molecule has 12 heteroatoms. The average Bonchev–Trinajstić information content (AvgIpc) is 3.48. The zero-order valence-corrected chi connectivity index (χ0v) is 17.0. The average molecular weight is 478 g/mol. The molecule has 1 atom stereocenters. The van der Waals surface area contributed by atoms with Crippen LogP contribution < -0.4 is 10.2 Å². The molecule has 3 amide bonds. The van der Waals surface area contributed by atoms with E-state index in [9.17, 15) is 27.2 Å². The Bertz CT molecular complexity index is 1430. The molecule has 0 aliphatic carbocycles. The summed E-state index contributed by atoms with van der Waals surface area (Å²) in [5, 5.41) is 2.08. The van der Waals surface area contributed by atoms with E-state index in [0.717, 1.165) is 29.2 Å². The molecule has 0 bridgehead atoms. The molecular formula is C21H11F5N4O2S. The quantitative estimate of drug-likeness (QED) is 0.306. The lowest BCUT2D eigenvalue weighted by atomic mass is 10.0. The Labute approximate surface area is 185 Å². The van der Waals surface area contributed by atoms with E-state index in [1.807, 2.05) is 0 Å². The maximum absolute atomic E-state index is 15.1. The van der Waals surface area contributed by atoms with Crippen LogP contribution in [0.5, 0.6) is 0 Å². The molecule has 33 heavy (non-hydrogen) atoms. The Kier molecular flexibility index (Phi) is 4.71. The van der Waals surface area contributed by atoms with Gasteiger partial charge >= 0.3 is 12.2 Å². The van der Waals surface area contributed by atoms with Crippen LogP contribution in [-0.4, -0.2) is 21.9 Å². The van der Waals surface area contributed by atoms with Crippen LogP contribution in [0.25, 0.3) is 21.5 Å². The van der Waals surface area contributed by atoms with Crippen molar-refractivity contribution in [3.8, 4) is 10.4 Å². The molecule has 3 heterocycles. The third-order valence-corrected chi connectivity index (χ3v) is 6.36. The number of amides is 3. The van der Waals surface area contributed by atoms with Gasteiger partial charge in [-0.3, -0.25) is 15.0 Å². The predicted octanol–water partition coefficient (Wildman–Crippen LogP) is 5.39. The van der Waals surface area contributed by atoms with Crippen LogP contribution in [0.4, 0.5) is 32.4 Å². The zero-order chi connectivity index (χ0) is 23.5. The number of imidazole rings is 1. The first-order valence-electron chi connectivity index (χ1n) is 9.37. The molecular weight excluding hydrogens is 467 g/mol. The fourth-order valence-electron chi connectivity index (χ4n) is 3.69. The predicted molar refractivity (Wildman–Crippen MR) is 110 cm³/mol. The molecule has 5 rings (SSSR count). The summed E-state index contributed by atoms with van der Waals surface area (Å²) in [7, 11) is 0. The smallest absolute Gasteiger partial charge is 0.345 e. The highest BCUT2D eigenvalue weighted by atomic mass is 32.1. The monoisotopic (exact) mass is 478 g/mol. The van der Waals surface area contributed by atoms with Gasteiger partial charge in [-0.1, -0.05) is 12.1 Å². The van der Waals surface area contributed by atoms with Crippen molar-refractivity contribution in [2.24, 2.45) is 0 Å². The summed E-state index contributed by atoms with van der Waals surface area (Å²) < 4.78 is 68.7. The number of fused-ring (bicyclic) bond motifs is 1. The largest absolute Gasteiger partial charge is 0.425 e. The molecule has 2 N–H and O–H groups in total. The third-order valence-electron chi connectivity index (χ3n) is 5.20. The summed E-state index contributed by atoms with van der Waals surface area (Å²) >= 11 is 0.269. The van der Waals surface area contributed by atoms with Crippen LogP contribution in [0.15, 0.2) is 48.8 Å². The Morgan fingerprint density at radius 1 is 1.00 bits per heavy atom. The first-order chi connectivity index (χ1) is 15.6. The summed E-state index contributed by atoms with van der Waals surface area (Å²) in [6.07, 6.45) is -3.18. The van der Waals surface area contributed by atoms with Gasteiger partial charge in [0.25, 0.3) is 5.91 Å². The number of benzene rings is 2. The van der Waals surface area contributed by atoms with Gasteiger partial charge < -0.3 is 4.98 Å². The van der Waals surface area contributed by atoms with E-state index in [1.165, 1.54) is 18.5 Å². The standard InChI is InChI=1S/C21H11F5N4O2S/c22-16-10(14-5-6-15(33-14)21(24,25)26)2-3-11(17(16)23)18-19(31)29-20(32)30(18)9-1-4-12-13(7-9)28-8-27-12/h1-8,18H,(H,27,28)(H,29,31,32). The lowest BCUT2D eigenvalue weighted by molar-refractivity contribution is -0.134. The van der Waals surface area contributed by atoms with Gasteiger partial charge in [0.1, 0.15) is 10.9 Å². The van der Waals surface area contributed by atoms with Gasteiger partial charge in [0, 0.05) is 21.7 Å². The molecule has 1 saturated heterocycles. The second kappa shape index (κ2) is 7.37. The normalized spacial score (nSPS) is 16.6. The number of nitrogens with one attached hydrogen (secondary N) is 2. The minimum atomic E-state index is -4.61. The van der Waals surface area contributed by atoms with E-state index in [2.05, 4.69) is 15.3 Å². The lowest BCUT2D eigenvalue weighted by Gasteiger charge is -2.23. The number of urea groups is 1. The molecule has 1 aliphatic heterocycles. The van der Waals surface area contributed by atoms with E-state index in [0.29, 0.717) is 11.0 Å². The van der Waals surface area contributed by atoms with Crippen molar-refractivity contribution in [2.45, 2.75) is 12.2 Å². The van der Waals surface area contributed by atoms with E-state index >= 15 is 4.39 Å². The van der Waals surface area contributed by atoms with Crippen molar-refractivity contribution in [3.63, 3.8) is 0 Å². The van der Waals surface area contributed by atoms with Crippen molar-refractivity contribution in [3.05, 3.63) is 70.9 Å². The Morgan fingerprint density at radius 3 is 2.52 bits per heavy atom. The molecule has 1 aliphatic rings. The molecule has 0 spiro atoms. The first-order valence-corrected chi connectivity index (χ1v) is 10.2. The topological polar surface area (TPSA) is 78.1 Å². The lowest BCUT2D eigenvalue weighted by Crippen LogP contribution is -2.30. The maximum atomic E-state index is 15.1. The first kappa shape index (κ1) is 21.1. The highest BCUT2D eigenvalue weighted by Crippen LogP contribution is 2.41. The van der Waals surface area contributed by atoms with Gasteiger partial charge in [-0.25, -0.2) is 18.6 Å². The van der Waals surface area contributed by atoms with Crippen molar-refractivity contribution in [1.29, 1.82) is 0 Å². The SMILES string of the molecule is O=C1NC(=O)N(c2ccc3[nH]cnc3c2)C1c1ccc(-c2ccc(C(F)(F)F)s2)c(F)c1F. The van der Waals surface area contributed by atoms with Gasteiger partial charge in [0.05, 0.1) is 17.4 Å². The highest BCUT2D eigenvalue weighted by molar-refractivity contribution is 7.15.